The highest BCUT2D eigenvalue weighted by Gasteiger charge is 2.13. The van der Waals surface area contributed by atoms with Crippen molar-refractivity contribution in [2.24, 2.45) is 0 Å². The van der Waals surface area contributed by atoms with Crippen molar-refractivity contribution < 1.29 is 13.2 Å². The molecular weight excluding hydrogens is 344 g/mol. The predicted octanol–water partition coefficient (Wildman–Crippen LogP) is 2.55. The molecule has 0 bridgehead atoms. The van der Waals surface area contributed by atoms with Crippen molar-refractivity contribution in [1.29, 1.82) is 0 Å². The molecule has 0 saturated carbocycles. The highest BCUT2D eigenvalue weighted by atomic mass is 32.2. The van der Waals surface area contributed by atoms with Crippen LogP contribution in [0.5, 0.6) is 0 Å². The van der Waals surface area contributed by atoms with Crippen LogP contribution in [0, 0.1) is 0 Å². The molecule has 0 radical (unpaired) electrons. The lowest BCUT2D eigenvalue weighted by molar-refractivity contribution is 0.242. The van der Waals surface area contributed by atoms with Gasteiger partial charge in [-0.05, 0) is 24.3 Å². The van der Waals surface area contributed by atoms with Gasteiger partial charge < -0.3 is 10.6 Å². The van der Waals surface area contributed by atoms with E-state index in [2.05, 4.69) is 10.6 Å². The summed E-state index contributed by atoms with van der Waals surface area (Å²) in [6.45, 7) is 0.589. The number of benzene rings is 2. The fraction of sp³-hybridized carbons (Fsp3) is 0.235. The fourth-order valence-corrected chi connectivity index (χ4v) is 3.92. The Labute approximate surface area is 146 Å². The van der Waals surface area contributed by atoms with Gasteiger partial charge in [-0.3, -0.25) is 0 Å². The summed E-state index contributed by atoms with van der Waals surface area (Å²) in [6.07, 6.45) is 0. The highest BCUT2D eigenvalue weighted by molar-refractivity contribution is 7.99. The molecule has 0 aromatic heterocycles. The molecule has 0 aliphatic carbocycles. The molecule has 2 aromatic rings. The molecule has 0 saturated heterocycles. The van der Waals surface area contributed by atoms with Gasteiger partial charge >= 0.3 is 6.03 Å². The number of hydrogen-bond acceptors (Lipinski definition) is 4. The van der Waals surface area contributed by atoms with E-state index >= 15 is 0 Å². The normalized spacial score (nSPS) is 11.0. The van der Waals surface area contributed by atoms with Crippen molar-refractivity contribution in [3.8, 4) is 0 Å². The zero-order valence-electron chi connectivity index (χ0n) is 13.1. The molecule has 2 N–H and O–H groups in total. The minimum atomic E-state index is -3.36. The van der Waals surface area contributed by atoms with Crippen molar-refractivity contribution >= 4 is 27.6 Å². The molecule has 0 fully saturated rings. The topological polar surface area (TPSA) is 75.3 Å². The summed E-state index contributed by atoms with van der Waals surface area (Å²) in [5, 5.41) is 5.28. The number of sulfone groups is 1. The summed E-state index contributed by atoms with van der Waals surface area (Å²) >= 11 is 1.65. The van der Waals surface area contributed by atoms with Gasteiger partial charge in [-0.1, -0.05) is 36.4 Å². The Bertz CT molecular complexity index is 735. The van der Waals surface area contributed by atoms with Gasteiger partial charge in [0.1, 0.15) is 0 Å². The van der Waals surface area contributed by atoms with Crippen molar-refractivity contribution in [3.05, 3.63) is 60.7 Å². The molecule has 0 aliphatic rings. The van der Waals surface area contributed by atoms with Crippen molar-refractivity contribution in [3.63, 3.8) is 0 Å². The van der Waals surface area contributed by atoms with Crippen LogP contribution >= 0.6 is 11.8 Å². The van der Waals surface area contributed by atoms with Crippen LogP contribution in [-0.4, -0.2) is 39.0 Å². The molecule has 2 aromatic carbocycles. The Morgan fingerprint density at radius 3 is 2.12 bits per heavy atom. The number of amides is 2. The monoisotopic (exact) mass is 364 g/mol. The number of thioether (sulfide) groups is 1. The second-order valence-electron chi connectivity index (χ2n) is 4.98. The molecule has 0 spiro atoms. The first-order chi connectivity index (χ1) is 11.6. The number of rotatable bonds is 8. The summed E-state index contributed by atoms with van der Waals surface area (Å²) in [5.41, 5.74) is 0. The summed E-state index contributed by atoms with van der Waals surface area (Å²) in [7, 11) is -3.36. The van der Waals surface area contributed by atoms with E-state index in [1.165, 1.54) is 0 Å². The minimum absolute atomic E-state index is 0.0783. The number of carbonyl (C=O) groups excluding carboxylic acids is 1. The van der Waals surface area contributed by atoms with Crippen LogP contribution in [0.4, 0.5) is 4.79 Å². The van der Waals surface area contributed by atoms with E-state index < -0.39 is 9.84 Å². The average Bonchev–Trinajstić information content (AvgIpc) is 2.60. The maximum atomic E-state index is 12.1. The molecule has 7 heteroatoms. The van der Waals surface area contributed by atoms with Gasteiger partial charge in [0.25, 0.3) is 0 Å². The van der Waals surface area contributed by atoms with E-state index in [9.17, 15) is 13.2 Å². The lowest BCUT2D eigenvalue weighted by atomic mass is 10.4. The molecular formula is C17H20N2O3S2. The van der Waals surface area contributed by atoms with E-state index in [0.29, 0.717) is 6.54 Å². The van der Waals surface area contributed by atoms with Gasteiger partial charge in [0.15, 0.2) is 9.84 Å². The third-order valence-corrected chi connectivity index (χ3v) is 5.90. The zero-order valence-corrected chi connectivity index (χ0v) is 14.8. The molecule has 2 amide bonds. The van der Waals surface area contributed by atoms with Crippen LogP contribution in [0.1, 0.15) is 0 Å². The van der Waals surface area contributed by atoms with Crippen LogP contribution in [0.25, 0.3) is 0 Å². The Kier molecular flexibility index (Phi) is 7.14. The van der Waals surface area contributed by atoms with Gasteiger partial charge in [0.2, 0.25) is 0 Å². The zero-order chi connectivity index (χ0) is 17.3. The lowest BCUT2D eigenvalue weighted by Gasteiger charge is -2.08. The number of nitrogens with one attached hydrogen (secondary N) is 2. The lowest BCUT2D eigenvalue weighted by Crippen LogP contribution is -2.39. The molecule has 24 heavy (non-hydrogen) atoms. The van der Waals surface area contributed by atoms with Gasteiger partial charge in [-0.2, -0.15) is 0 Å². The van der Waals surface area contributed by atoms with Crippen molar-refractivity contribution in [1.82, 2.24) is 10.6 Å². The molecule has 0 unspecified atom stereocenters. The van der Waals surface area contributed by atoms with E-state index in [4.69, 9.17) is 0 Å². The van der Waals surface area contributed by atoms with Crippen molar-refractivity contribution in [2.75, 3.05) is 24.6 Å². The van der Waals surface area contributed by atoms with Crippen LogP contribution in [0.2, 0.25) is 0 Å². The summed E-state index contributed by atoms with van der Waals surface area (Å²) in [4.78, 5) is 13.1. The Hall–Kier alpha value is -1.99. The second kappa shape index (κ2) is 9.34. The maximum Gasteiger partial charge on any atom is 0.314 e. The van der Waals surface area contributed by atoms with Gasteiger partial charge in [-0.25, -0.2) is 13.2 Å². The molecule has 0 aliphatic heterocycles. The van der Waals surface area contributed by atoms with Crippen LogP contribution < -0.4 is 10.6 Å². The highest BCUT2D eigenvalue weighted by Crippen LogP contribution is 2.15. The summed E-state index contributed by atoms with van der Waals surface area (Å²) in [6, 6.07) is 17.8. The molecule has 128 valence electrons. The predicted molar refractivity (Wildman–Crippen MR) is 97.1 cm³/mol. The fourth-order valence-electron chi connectivity index (χ4n) is 1.96. The third kappa shape index (κ3) is 6.25. The second-order valence-corrected chi connectivity index (χ2v) is 8.25. The largest absolute Gasteiger partial charge is 0.337 e. The minimum Gasteiger partial charge on any atom is -0.337 e. The van der Waals surface area contributed by atoms with E-state index in [1.54, 1.807) is 42.1 Å². The molecule has 0 heterocycles. The van der Waals surface area contributed by atoms with Crippen LogP contribution in [-0.2, 0) is 9.84 Å². The first kappa shape index (κ1) is 18.4. The SMILES string of the molecule is O=C(NCCSc1ccccc1)NCCS(=O)(=O)c1ccccc1. The Morgan fingerprint density at radius 1 is 0.875 bits per heavy atom. The maximum absolute atomic E-state index is 12.1. The quantitative estimate of drug-likeness (QED) is 0.558. The van der Waals surface area contributed by atoms with E-state index in [0.717, 1.165) is 10.6 Å². The summed E-state index contributed by atoms with van der Waals surface area (Å²) < 4.78 is 24.1. The van der Waals surface area contributed by atoms with Gasteiger partial charge in [-0.15, -0.1) is 11.8 Å². The average molecular weight is 364 g/mol. The first-order valence-corrected chi connectivity index (χ1v) is 10.2. The first-order valence-electron chi connectivity index (χ1n) is 7.55. The number of urea groups is 1. The van der Waals surface area contributed by atoms with E-state index in [-0.39, 0.29) is 23.2 Å². The standard InChI is InChI=1S/C17H20N2O3S2/c20-17(18-11-13-23-15-7-3-1-4-8-15)19-12-14-24(21,22)16-9-5-2-6-10-16/h1-10H,11-14H2,(H2,18,19,20). The summed E-state index contributed by atoms with van der Waals surface area (Å²) in [5.74, 6) is 0.628. The van der Waals surface area contributed by atoms with Gasteiger partial charge in [0, 0.05) is 23.7 Å². The Morgan fingerprint density at radius 2 is 1.46 bits per heavy atom. The third-order valence-electron chi connectivity index (χ3n) is 3.16. The Balaban J connectivity index is 1.63. The number of hydrogen-bond donors (Lipinski definition) is 2. The van der Waals surface area contributed by atoms with Crippen LogP contribution in [0.15, 0.2) is 70.5 Å². The molecule has 0 atom stereocenters. The molecule has 5 nitrogen and oxygen atoms in total. The number of carbonyl (C=O) groups is 1. The van der Waals surface area contributed by atoms with Gasteiger partial charge in [0.05, 0.1) is 10.6 Å². The van der Waals surface area contributed by atoms with E-state index in [1.807, 2.05) is 30.3 Å². The van der Waals surface area contributed by atoms with Crippen molar-refractivity contribution in [2.45, 2.75) is 9.79 Å². The van der Waals surface area contributed by atoms with Crippen LogP contribution in [0.3, 0.4) is 0 Å². The molecule has 2 rings (SSSR count). The smallest absolute Gasteiger partial charge is 0.314 e.